The molecule has 7 nitrogen and oxygen atoms in total. The van der Waals surface area contributed by atoms with Crippen molar-refractivity contribution >= 4 is 23.9 Å². The zero-order valence-corrected chi connectivity index (χ0v) is 12.1. The second kappa shape index (κ2) is 7.26. The summed E-state index contributed by atoms with van der Waals surface area (Å²) < 4.78 is 11.1. The minimum absolute atomic E-state index is 0.0400. The fourth-order valence-electron chi connectivity index (χ4n) is 2.51. The number of hydrogen-bond donors (Lipinski definition) is 3. The van der Waals surface area contributed by atoms with Crippen LogP contribution in [-0.4, -0.2) is 60.7 Å². The van der Waals surface area contributed by atoms with Crippen LogP contribution in [0.2, 0.25) is 0 Å². The summed E-state index contributed by atoms with van der Waals surface area (Å²) in [5.41, 5.74) is 0. The maximum absolute atomic E-state index is 11.9. The van der Waals surface area contributed by atoms with E-state index in [1.807, 2.05) is 0 Å². The van der Waals surface area contributed by atoms with E-state index < -0.39 is 5.97 Å². The fourth-order valence-corrected chi connectivity index (χ4v) is 3.48. The van der Waals surface area contributed by atoms with Gasteiger partial charge in [-0.15, -0.1) is 0 Å². The molecule has 8 heteroatoms. The van der Waals surface area contributed by atoms with Gasteiger partial charge in [0, 0.05) is 31.7 Å². The molecule has 0 radical (unpaired) electrons. The Morgan fingerprint density at radius 3 is 3.05 bits per heavy atom. The number of fused-ring (bicyclic) bond motifs is 1. The van der Waals surface area contributed by atoms with Crippen LogP contribution in [0.1, 0.15) is 19.3 Å². The Hall–Kier alpha value is -0.830. The molecule has 2 aliphatic heterocycles. The van der Waals surface area contributed by atoms with Gasteiger partial charge < -0.3 is 24.7 Å². The van der Waals surface area contributed by atoms with Crippen LogP contribution in [0.3, 0.4) is 0 Å². The van der Waals surface area contributed by atoms with Crippen LogP contribution in [-0.2, 0) is 18.5 Å². The van der Waals surface area contributed by atoms with Crippen molar-refractivity contribution in [1.29, 1.82) is 0 Å². The van der Waals surface area contributed by atoms with E-state index in [2.05, 4.69) is 10.6 Å². The molecule has 2 saturated heterocycles. The van der Waals surface area contributed by atoms with E-state index in [1.165, 1.54) is 0 Å². The first-order chi connectivity index (χ1) is 9.61. The van der Waals surface area contributed by atoms with Crippen LogP contribution in [0.5, 0.6) is 0 Å². The number of hydrogen-bond acceptors (Lipinski definition) is 6. The monoisotopic (exact) mass is 304 g/mol. The number of rotatable bonds is 5. The van der Waals surface area contributed by atoms with Crippen molar-refractivity contribution in [3.63, 3.8) is 0 Å². The Balaban J connectivity index is 1.81. The SMILES string of the molecule is COC1CCNC2CC(C(=O)NCCC(=O)O)SOC21. The van der Waals surface area contributed by atoms with Gasteiger partial charge in [-0.25, -0.2) is 0 Å². The first-order valence-electron chi connectivity index (χ1n) is 6.69. The van der Waals surface area contributed by atoms with Crippen LogP contribution in [0.4, 0.5) is 0 Å². The lowest BCUT2D eigenvalue weighted by Crippen LogP contribution is -2.57. The first kappa shape index (κ1) is 15.6. The lowest BCUT2D eigenvalue weighted by atomic mass is 9.94. The average molecular weight is 304 g/mol. The molecule has 0 bridgehead atoms. The third kappa shape index (κ3) is 3.85. The molecule has 20 heavy (non-hydrogen) atoms. The minimum atomic E-state index is -0.921. The van der Waals surface area contributed by atoms with Gasteiger partial charge in [0.25, 0.3) is 0 Å². The predicted octanol–water partition coefficient (Wildman–Crippen LogP) is -0.240. The molecule has 0 aromatic rings. The zero-order chi connectivity index (χ0) is 14.5. The minimum Gasteiger partial charge on any atom is -0.481 e. The van der Waals surface area contributed by atoms with Crippen molar-refractivity contribution in [2.75, 3.05) is 20.2 Å². The number of carbonyl (C=O) groups is 2. The van der Waals surface area contributed by atoms with Crippen LogP contribution in [0, 0.1) is 0 Å². The molecular formula is C12H20N2O5S. The quantitative estimate of drug-likeness (QED) is 0.603. The van der Waals surface area contributed by atoms with E-state index in [-0.39, 0.29) is 42.4 Å². The van der Waals surface area contributed by atoms with Crippen molar-refractivity contribution in [1.82, 2.24) is 10.6 Å². The molecule has 0 aromatic heterocycles. The normalized spacial score (nSPS) is 33.2. The Morgan fingerprint density at radius 1 is 1.55 bits per heavy atom. The van der Waals surface area contributed by atoms with Gasteiger partial charge in [-0.05, 0) is 19.4 Å². The summed E-state index contributed by atoms with van der Waals surface area (Å²) in [6, 6.07) is 0.102. The van der Waals surface area contributed by atoms with Gasteiger partial charge in [0.05, 0.1) is 12.5 Å². The van der Waals surface area contributed by atoms with E-state index in [1.54, 1.807) is 7.11 Å². The van der Waals surface area contributed by atoms with Crippen LogP contribution in [0.15, 0.2) is 0 Å². The molecule has 2 aliphatic rings. The molecule has 0 saturated carbocycles. The summed E-state index contributed by atoms with van der Waals surface area (Å²) in [7, 11) is 1.67. The third-order valence-corrected chi connectivity index (χ3v) is 4.55. The number of amides is 1. The molecule has 0 spiro atoms. The van der Waals surface area contributed by atoms with E-state index in [0.717, 1.165) is 25.0 Å². The van der Waals surface area contributed by atoms with Gasteiger partial charge >= 0.3 is 5.97 Å². The summed E-state index contributed by atoms with van der Waals surface area (Å²) in [6.45, 7) is 0.995. The van der Waals surface area contributed by atoms with Crippen molar-refractivity contribution in [2.24, 2.45) is 0 Å². The fraction of sp³-hybridized carbons (Fsp3) is 0.833. The highest BCUT2D eigenvalue weighted by molar-refractivity contribution is 7.96. The molecular weight excluding hydrogens is 284 g/mol. The smallest absolute Gasteiger partial charge is 0.305 e. The topological polar surface area (TPSA) is 96.9 Å². The third-order valence-electron chi connectivity index (χ3n) is 3.58. The predicted molar refractivity (Wildman–Crippen MR) is 73.3 cm³/mol. The number of carboxylic acid groups (broad SMARTS) is 1. The number of carbonyl (C=O) groups excluding carboxylic acids is 1. The van der Waals surface area contributed by atoms with E-state index in [9.17, 15) is 9.59 Å². The molecule has 1 amide bonds. The Kier molecular flexibility index (Phi) is 5.64. The number of ether oxygens (including phenoxy) is 1. The molecule has 0 aliphatic carbocycles. The summed E-state index contributed by atoms with van der Waals surface area (Å²) >= 11 is 1.16. The summed E-state index contributed by atoms with van der Waals surface area (Å²) in [6.07, 6.45) is 1.51. The van der Waals surface area contributed by atoms with Gasteiger partial charge in [0.2, 0.25) is 5.91 Å². The highest BCUT2D eigenvalue weighted by Gasteiger charge is 2.42. The maximum Gasteiger partial charge on any atom is 0.305 e. The maximum atomic E-state index is 11.9. The van der Waals surface area contributed by atoms with Crippen LogP contribution in [0.25, 0.3) is 0 Å². The highest BCUT2D eigenvalue weighted by atomic mass is 32.2. The van der Waals surface area contributed by atoms with Crippen molar-refractivity contribution < 1.29 is 23.6 Å². The lowest BCUT2D eigenvalue weighted by molar-refractivity contribution is -0.136. The van der Waals surface area contributed by atoms with Gasteiger partial charge in [-0.3, -0.25) is 9.59 Å². The van der Waals surface area contributed by atoms with Crippen molar-refractivity contribution in [2.45, 2.75) is 42.8 Å². The largest absolute Gasteiger partial charge is 0.481 e. The number of nitrogens with one attached hydrogen (secondary N) is 2. The summed E-state index contributed by atoms with van der Waals surface area (Å²) in [4.78, 5) is 22.4. The number of piperidine rings is 1. The standard InChI is InChI=1S/C12H20N2O5S/c1-18-8-2-4-13-7-6-9(20-19-11(7)8)12(17)14-5-3-10(15)16/h7-9,11,13H,2-6H2,1H3,(H,14,17)(H,15,16). The second-order valence-electron chi connectivity index (χ2n) is 4.94. The lowest BCUT2D eigenvalue weighted by Gasteiger charge is -2.42. The van der Waals surface area contributed by atoms with Crippen molar-refractivity contribution in [3.8, 4) is 0 Å². The van der Waals surface area contributed by atoms with Crippen molar-refractivity contribution in [3.05, 3.63) is 0 Å². The van der Waals surface area contributed by atoms with Gasteiger partial charge in [-0.2, -0.15) is 0 Å². The van der Waals surface area contributed by atoms with Gasteiger partial charge in [-0.1, -0.05) is 0 Å². The molecule has 3 N–H and O–H groups in total. The Labute approximate surface area is 122 Å². The van der Waals surface area contributed by atoms with Crippen LogP contribution >= 0.6 is 12.0 Å². The molecule has 2 fully saturated rings. The molecule has 4 unspecified atom stereocenters. The van der Waals surface area contributed by atoms with E-state index in [0.29, 0.717) is 6.42 Å². The average Bonchev–Trinajstić information content (AvgIpc) is 2.45. The molecule has 2 heterocycles. The molecule has 4 atom stereocenters. The highest BCUT2D eigenvalue weighted by Crippen LogP contribution is 2.33. The number of carboxylic acids is 1. The molecule has 2 rings (SSSR count). The molecule has 0 aromatic carbocycles. The first-order valence-corrected chi connectivity index (χ1v) is 7.50. The Bertz CT molecular complexity index is 368. The van der Waals surface area contributed by atoms with E-state index >= 15 is 0 Å². The van der Waals surface area contributed by atoms with Crippen LogP contribution < -0.4 is 10.6 Å². The number of methoxy groups -OCH3 is 1. The van der Waals surface area contributed by atoms with Gasteiger partial charge in [0.15, 0.2) is 0 Å². The number of aliphatic carboxylic acids is 1. The summed E-state index contributed by atoms with van der Waals surface area (Å²) in [5, 5.41) is 14.2. The van der Waals surface area contributed by atoms with Gasteiger partial charge in [0.1, 0.15) is 11.4 Å². The zero-order valence-electron chi connectivity index (χ0n) is 11.3. The Morgan fingerprint density at radius 2 is 2.35 bits per heavy atom. The van der Waals surface area contributed by atoms with E-state index in [4.69, 9.17) is 14.0 Å². The second-order valence-corrected chi connectivity index (χ2v) is 5.89. The summed E-state index contributed by atoms with van der Waals surface area (Å²) in [5.74, 6) is -1.09. The molecule has 114 valence electrons.